The van der Waals surface area contributed by atoms with Gasteiger partial charge in [-0.05, 0) is 25.2 Å². The maximum Gasteiger partial charge on any atom is 0.255 e. The molecule has 0 saturated carbocycles. The van der Waals surface area contributed by atoms with Crippen molar-refractivity contribution in [2.45, 2.75) is 0 Å². The summed E-state index contributed by atoms with van der Waals surface area (Å²) in [6.45, 7) is 2.37. The number of aromatic nitrogens is 3. The predicted molar refractivity (Wildman–Crippen MR) is 92.3 cm³/mol. The van der Waals surface area contributed by atoms with Crippen LogP contribution in [-0.2, 0) is 4.79 Å². The number of carbonyl (C=O) groups is 2. The molecule has 0 aromatic carbocycles. The van der Waals surface area contributed by atoms with Crippen LogP contribution in [0.5, 0.6) is 0 Å². The first kappa shape index (κ1) is 17.1. The van der Waals surface area contributed by atoms with E-state index in [9.17, 15) is 9.59 Å². The quantitative estimate of drug-likeness (QED) is 0.850. The number of hydrogen-bond donors (Lipinski definition) is 1. The molecule has 1 aliphatic heterocycles. The molecule has 25 heavy (non-hydrogen) atoms. The van der Waals surface area contributed by atoms with Gasteiger partial charge in [-0.25, -0.2) is 9.67 Å². The van der Waals surface area contributed by atoms with E-state index < -0.39 is 0 Å². The van der Waals surface area contributed by atoms with E-state index in [2.05, 4.69) is 20.3 Å². The van der Waals surface area contributed by atoms with Gasteiger partial charge >= 0.3 is 0 Å². The average molecular weight is 342 g/mol. The summed E-state index contributed by atoms with van der Waals surface area (Å²) in [6, 6.07) is 5.32. The molecule has 8 heteroatoms. The van der Waals surface area contributed by atoms with Crippen molar-refractivity contribution in [1.82, 2.24) is 29.9 Å². The summed E-state index contributed by atoms with van der Waals surface area (Å²) >= 11 is 0. The fourth-order valence-electron chi connectivity index (χ4n) is 2.96. The van der Waals surface area contributed by atoms with Gasteiger partial charge in [0.25, 0.3) is 5.91 Å². The van der Waals surface area contributed by atoms with Gasteiger partial charge in [0.05, 0.1) is 11.5 Å². The molecule has 2 aromatic heterocycles. The van der Waals surface area contributed by atoms with Crippen LogP contribution >= 0.6 is 0 Å². The van der Waals surface area contributed by atoms with Gasteiger partial charge in [0.1, 0.15) is 0 Å². The lowest BCUT2D eigenvalue weighted by molar-refractivity contribution is -0.125. The maximum absolute atomic E-state index is 12.8. The SMILES string of the molecule is CNC(=O)[C@@H]1CN(C)CCN(C(=O)c2ccc(-n3cccn3)nc2)C1. The van der Waals surface area contributed by atoms with E-state index in [-0.39, 0.29) is 17.7 Å². The van der Waals surface area contributed by atoms with Crippen LogP contribution in [0.3, 0.4) is 0 Å². The molecule has 0 bridgehead atoms. The Hall–Kier alpha value is -2.74. The molecular formula is C17H22N6O2. The number of carbonyl (C=O) groups excluding carboxylic acids is 2. The fourth-order valence-corrected chi connectivity index (χ4v) is 2.96. The van der Waals surface area contributed by atoms with E-state index in [1.165, 1.54) is 0 Å². The molecule has 0 radical (unpaired) electrons. The van der Waals surface area contributed by atoms with Gasteiger partial charge in [-0.15, -0.1) is 0 Å². The second-order valence-corrected chi connectivity index (χ2v) is 6.18. The Morgan fingerprint density at radius 3 is 2.72 bits per heavy atom. The van der Waals surface area contributed by atoms with Crippen molar-refractivity contribution in [3.05, 3.63) is 42.4 Å². The van der Waals surface area contributed by atoms with Crippen molar-refractivity contribution in [2.75, 3.05) is 40.3 Å². The molecule has 3 rings (SSSR count). The van der Waals surface area contributed by atoms with Crippen molar-refractivity contribution in [3.63, 3.8) is 0 Å². The minimum absolute atomic E-state index is 0.0429. The normalized spacial score (nSPS) is 18.6. The second-order valence-electron chi connectivity index (χ2n) is 6.18. The molecule has 0 unspecified atom stereocenters. The summed E-state index contributed by atoms with van der Waals surface area (Å²) in [5.41, 5.74) is 0.510. The van der Waals surface area contributed by atoms with Crippen LogP contribution in [0.2, 0.25) is 0 Å². The zero-order valence-electron chi connectivity index (χ0n) is 14.4. The van der Waals surface area contributed by atoms with Crippen LogP contribution in [0.1, 0.15) is 10.4 Å². The number of nitrogens with zero attached hydrogens (tertiary/aromatic N) is 5. The van der Waals surface area contributed by atoms with Gasteiger partial charge in [-0.1, -0.05) is 0 Å². The molecule has 2 amide bonds. The summed E-state index contributed by atoms with van der Waals surface area (Å²) < 4.78 is 1.64. The van der Waals surface area contributed by atoms with Crippen LogP contribution in [0.25, 0.3) is 5.82 Å². The topological polar surface area (TPSA) is 83.4 Å². The number of hydrogen-bond acceptors (Lipinski definition) is 5. The summed E-state index contributed by atoms with van der Waals surface area (Å²) in [4.78, 5) is 33.0. The maximum atomic E-state index is 12.8. The largest absolute Gasteiger partial charge is 0.359 e. The third kappa shape index (κ3) is 3.85. The van der Waals surface area contributed by atoms with Gasteiger partial charge < -0.3 is 15.1 Å². The minimum Gasteiger partial charge on any atom is -0.359 e. The molecule has 2 aromatic rings. The average Bonchev–Trinajstić information content (AvgIpc) is 3.10. The van der Waals surface area contributed by atoms with E-state index in [4.69, 9.17) is 0 Å². The number of rotatable bonds is 3. The Bertz CT molecular complexity index is 728. The summed E-state index contributed by atoms with van der Waals surface area (Å²) in [5, 5.41) is 6.80. The van der Waals surface area contributed by atoms with Gasteiger partial charge in [0, 0.05) is 51.8 Å². The van der Waals surface area contributed by atoms with Crippen molar-refractivity contribution in [2.24, 2.45) is 5.92 Å². The lowest BCUT2D eigenvalue weighted by Gasteiger charge is -2.23. The standard InChI is InChI=1S/C17H22N6O2/c1-18-16(24)14-11-21(2)8-9-22(12-14)17(25)13-4-5-15(19-10-13)23-7-3-6-20-23/h3-7,10,14H,8-9,11-12H2,1-2H3,(H,18,24)/t14-/m1/s1. The summed E-state index contributed by atoms with van der Waals surface area (Å²) in [5.74, 6) is 0.264. The Morgan fingerprint density at radius 2 is 2.08 bits per heavy atom. The number of nitrogens with one attached hydrogen (secondary N) is 1. The molecule has 0 aliphatic carbocycles. The molecule has 1 fully saturated rings. The fraction of sp³-hybridized carbons (Fsp3) is 0.412. The number of likely N-dealkylation sites (N-methyl/N-ethyl adjacent to an activating group) is 1. The van der Waals surface area contributed by atoms with E-state index in [0.29, 0.717) is 31.0 Å². The monoisotopic (exact) mass is 342 g/mol. The molecule has 132 valence electrons. The zero-order chi connectivity index (χ0) is 17.8. The molecular weight excluding hydrogens is 320 g/mol. The molecule has 3 heterocycles. The third-order valence-electron chi connectivity index (χ3n) is 4.36. The molecule has 0 spiro atoms. The Kier molecular flexibility index (Phi) is 5.08. The Labute approximate surface area is 146 Å². The van der Waals surface area contributed by atoms with Crippen LogP contribution in [0, 0.1) is 5.92 Å². The highest BCUT2D eigenvalue weighted by Crippen LogP contribution is 2.13. The van der Waals surface area contributed by atoms with Crippen molar-refractivity contribution in [1.29, 1.82) is 0 Å². The van der Waals surface area contributed by atoms with Crippen LogP contribution in [0.15, 0.2) is 36.8 Å². The van der Waals surface area contributed by atoms with Crippen LogP contribution < -0.4 is 5.32 Å². The van der Waals surface area contributed by atoms with Crippen molar-refractivity contribution in [3.8, 4) is 5.82 Å². The van der Waals surface area contributed by atoms with Crippen molar-refractivity contribution < 1.29 is 9.59 Å². The minimum atomic E-state index is -0.238. The van der Waals surface area contributed by atoms with Gasteiger partial charge in [0.2, 0.25) is 5.91 Å². The van der Waals surface area contributed by atoms with Crippen LogP contribution in [-0.4, -0.2) is 76.7 Å². The van der Waals surface area contributed by atoms with Crippen LogP contribution in [0.4, 0.5) is 0 Å². The first-order chi connectivity index (χ1) is 12.1. The summed E-state index contributed by atoms with van der Waals surface area (Å²) in [6.07, 6.45) is 5.03. The van der Waals surface area contributed by atoms with Gasteiger partial charge in [0.15, 0.2) is 5.82 Å². The second kappa shape index (κ2) is 7.43. The first-order valence-corrected chi connectivity index (χ1v) is 8.24. The molecule has 1 saturated heterocycles. The zero-order valence-corrected chi connectivity index (χ0v) is 14.4. The highest BCUT2D eigenvalue weighted by atomic mass is 16.2. The smallest absolute Gasteiger partial charge is 0.255 e. The van der Waals surface area contributed by atoms with E-state index in [1.807, 2.05) is 13.1 Å². The first-order valence-electron chi connectivity index (χ1n) is 8.24. The third-order valence-corrected chi connectivity index (χ3v) is 4.36. The Balaban J connectivity index is 1.75. The molecule has 1 aliphatic rings. The lowest BCUT2D eigenvalue weighted by Crippen LogP contribution is -2.41. The molecule has 8 nitrogen and oxygen atoms in total. The van der Waals surface area contributed by atoms with E-state index in [1.54, 1.807) is 47.4 Å². The highest BCUT2D eigenvalue weighted by Gasteiger charge is 2.28. The van der Waals surface area contributed by atoms with Gasteiger partial charge in [-0.2, -0.15) is 5.10 Å². The molecule has 1 N–H and O–H groups in total. The van der Waals surface area contributed by atoms with E-state index >= 15 is 0 Å². The predicted octanol–water partition coefficient (Wildman–Crippen LogP) is 0.0171. The summed E-state index contributed by atoms with van der Waals surface area (Å²) in [7, 11) is 3.58. The number of amides is 2. The number of pyridine rings is 1. The van der Waals surface area contributed by atoms with Crippen molar-refractivity contribution >= 4 is 11.8 Å². The Morgan fingerprint density at radius 1 is 1.24 bits per heavy atom. The lowest BCUT2D eigenvalue weighted by atomic mass is 10.1. The van der Waals surface area contributed by atoms with Gasteiger partial charge in [-0.3, -0.25) is 9.59 Å². The molecule has 1 atom stereocenters. The van der Waals surface area contributed by atoms with E-state index in [0.717, 1.165) is 6.54 Å². The highest BCUT2D eigenvalue weighted by molar-refractivity contribution is 5.94.